The number of aliphatic carboxylic acids is 1. The van der Waals surface area contributed by atoms with Gasteiger partial charge in [-0.05, 0) is 31.2 Å². The number of ether oxygens (including phenoxy) is 2. The zero-order chi connectivity index (χ0) is 18.0. The molecule has 128 valence electrons. The van der Waals surface area contributed by atoms with E-state index in [4.69, 9.17) is 37.8 Å². The lowest BCUT2D eigenvalue weighted by molar-refractivity contribution is -0.144. The number of rotatable bonds is 5. The summed E-state index contributed by atoms with van der Waals surface area (Å²) in [4.78, 5) is 11.0. The van der Waals surface area contributed by atoms with Gasteiger partial charge in [0.1, 0.15) is 22.3 Å². The summed E-state index contributed by atoms with van der Waals surface area (Å²) in [5, 5.41) is 11.3. The van der Waals surface area contributed by atoms with Crippen molar-refractivity contribution < 1.29 is 19.4 Å². The van der Waals surface area contributed by atoms with Crippen molar-refractivity contribution in [2.45, 2.75) is 13.0 Å². The monoisotopic (exact) mass is 376 g/mol. The van der Waals surface area contributed by atoms with Crippen LogP contribution in [0.4, 0.5) is 0 Å². The van der Waals surface area contributed by atoms with E-state index < -0.39 is 12.1 Å². The minimum atomic E-state index is -1.03. The zero-order valence-electron chi connectivity index (χ0n) is 13.2. The van der Waals surface area contributed by atoms with Gasteiger partial charge in [-0.25, -0.2) is 4.79 Å². The average molecular weight is 377 g/mol. The number of benzene rings is 3. The molecule has 0 bridgehead atoms. The first-order valence-corrected chi connectivity index (χ1v) is 8.26. The Morgan fingerprint density at radius 1 is 0.920 bits per heavy atom. The second-order valence-electron chi connectivity index (χ2n) is 5.36. The van der Waals surface area contributed by atoms with Crippen molar-refractivity contribution in [2.75, 3.05) is 0 Å². The van der Waals surface area contributed by atoms with Crippen molar-refractivity contribution in [1.82, 2.24) is 0 Å². The van der Waals surface area contributed by atoms with Crippen LogP contribution < -0.4 is 9.47 Å². The molecule has 0 fully saturated rings. The van der Waals surface area contributed by atoms with Crippen LogP contribution in [0.15, 0.2) is 54.6 Å². The maximum Gasteiger partial charge on any atom is 0.344 e. The topological polar surface area (TPSA) is 55.8 Å². The predicted octanol–water partition coefficient (Wildman–Crippen LogP) is 5.79. The van der Waals surface area contributed by atoms with E-state index in [0.717, 1.165) is 10.8 Å². The van der Waals surface area contributed by atoms with Gasteiger partial charge in [-0.15, -0.1) is 0 Å². The van der Waals surface area contributed by atoms with Crippen LogP contribution in [0.25, 0.3) is 10.8 Å². The minimum Gasteiger partial charge on any atom is -0.479 e. The molecule has 3 rings (SSSR count). The van der Waals surface area contributed by atoms with Gasteiger partial charge in [0, 0.05) is 10.8 Å². The summed E-state index contributed by atoms with van der Waals surface area (Å²) in [5.74, 6) is 0.437. The standard InChI is InChI=1S/C19H14Cl2O4/c1-11(19(22)23)24-15-8-2-6-13-12(15)5-3-9-16(13)25-17-10-4-7-14(20)18(17)21/h2-11H,1H3,(H,22,23). The number of carboxylic acid groups (broad SMARTS) is 1. The van der Waals surface area contributed by atoms with Crippen LogP contribution in [0.5, 0.6) is 17.2 Å². The molecule has 0 heterocycles. The highest BCUT2D eigenvalue weighted by molar-refractivity contribution is 6.42. The van der Waals surface area contributed by atoms with Gasteiger partial charge in [0.2, 0.25) is 0 Å². The van der Waals surface area contributed by atoms with Gasteiger partial charge in [0.15, 0.2) is 6.10 Å². The number of carboxylic acids is 1. The smallest absolute Gasteiger partial charge is 0.344 e. The number of hydrogen-bond donors (Lipinski definition) is 1. The van der Waals surface area contributed by atoms with E-state index in [-0.39, 0.29) is 0 Å². The molecule has 0 aliphatic carbocycles. The summed E-state index contributed by atoms with van der Waals surface area (Å²) in [6.45, 7) is 1.48. The predicted molar refractivity (Wildman–Crippen MR) is 98.2 cm³/mol. The van der Waals surface area contributed by atoms with Crippen LogP contribution in [0.3, 0.4) is 0 Å². The minimum absolute atomic E-state index is 0.327. The molecule has 0 amide bonds. The molecule has 1 atom stereocenters. The summed E-state index contributed by atoms with van der Waals surface area (Å²) in [7, 11) is 0. The lowest BCUT2D eigenvalue weighted by atomic mass is 10.1. The summed E-state index contributed by atoms with van der Waals surface area (Å²) in [6, 6.07) is 15.9. The molecule has 4 nitrogen and oxygen atoms in total. The SMILES string of the molecule is CC(Oc1cccc2c(Oc3cccc(Cl)c3Cl)cccc12)C(=O)O. The fourth-order valence-corrected chi connectivity index (χ4v) is 2.70. The van der Waals surface area contributed by atoms with E-state index in [2.05, 4.69) is 0 Å². The van der Waals surface area contributed by atoms with Crippen molar-refractivity contribution in [1.29, 1.82) is 0 Å². The fourth-order valence-electron chi connectivity index (χ4n) is 2.37. The van der Waals surface area contributed by atoms with Crippen molar-refractivity contribution in [2.24, 2.45) is 0 Å². The molecule has 3 aromatic rings. The first-order valence-electron chi connectivity index (χ1n) is 7.50. The molecule has 0 saturated heterocycles. The molecule has 0 saturated carbocycles. The third-order valence-corrected chi connectivity index (χ3v) is 4.43. The molecule has 0 aliphatic heterocycles. The molecular weight excluding hydrogens is 363 g/mol. The van der Waals surface area contributed by atoms with Gasteiger partial charge >= 0.3 is 5.97 Å². The number of hydrogen-bond acceptors (Lipinski definition) is 3. The molecular formula is C19H14Cl2O4. The van der Waals surface area contributed by atoms with Crippen LogP contribution in [0.1, 0.15) is 6.92 Å². The Labute approximate surface area is 154 Å². The third kappa shape index (κ3) is 3.65. The Morgan fingerprint density at radius 2 is 1.48 bits per heavy atom. The Kier molecular flexibility index (Phi) is 5.02. The summed E-state index contributed by atoms with van der Waals surface area (Å²) in [6.07, 6.45) is -0.961. The highest BCUT2D eigenvalue weighted by atomic mass is 35.5. The normalized spacial score (nSPS) is 12.0. The van der Waals surface area contributed by atoms with Gasteiger partial charge in [0.05, 0.1) is 5.02 Å². The summed E-state index contributed by atoms with van der Waals surface area (Å²) in [5.41, 5.74) is 0. The van der Waals surface area contributed by atoms with Crippen molar-refractivity contribution in [3.05, 3.63) is 64.6 Å². The molecule has 3 aromatic carbocycles. The summed E-state index contributed by atoms with van der Waals surface area (Å²) < 4.78 is 11.5. The van der Waals surface area contributed by atoms with Gasteiger partial charge in [-0.2, -0.15) is 0 Å². The van der Waals surface area contributed by atoms with Gasteiger partial charge < -0.3 is 14.6 Å². The molecule has 6 heteroatoms. The van der Waals surface area contributed by atoms with E-state index >= 15 is 0 Å². The highest BCUT2D eigenvalue weighted by Gasteiger charge is 2.15. The first kappa shape index (κ1) is 17.4. The average Bonchev–Trinajstić information content (AvgIpc) is 2.59. The van der Waals surface area contributed by atoms with E-state index in [1.54, 1.807) is 42.5 Å². The number of halogens is 2. The van der Waals surface area contributed by atoms with Crippen molar-refractivity contribution in [3.8, 4) is 17.2 Å². The first-order chi connectivity index (χ1) is 12.0. The van der Waals surface area contributed by atoms with Gasteiger partial charge in [0.25, 0.3) is 0 Å². The van der Waals surface area contributed by atoms with Crippen LogP contribution in [0.2, 0.25) is 10.0 Å². The second kappa shape index (κ2) is 7.21. The fraction of sp³-hybridized carbons (Fsp3) is 0.105. The quantitative estimate of drug-likeness (QED) is 0.611. The van der Waals surface area contributed by atoms with E-state index in [0.29, 0.717) is 27.3 Å². The number of fused-ring (bicyclic) bond motifs is 1. The Bertz CT molecular complexity index is 940. The number of carbonyl (C=O) groups is 1. The zero-order valence-corrected chi connectivity index (χ0v) is 14.7. The molecule has 0 spiro atoms. The Balaban J connectivity index is 2.03. The molecule has 0 radical (unpaired) electrons. The molecule has 0 aromatic heterocycles. The maximum atomic E-state index is 11.0. The van der Waals surface area contributed by atoms with Crippen LogP contribution in [0, 0.1) is 0 Å². The summed E-state index contributed by atoms with van der Waals surface area (Å²) >= 11 is 12.2. The largest absolute Gasteiger partial charge is 0.479 e. The highest BCUT2D eigenvalue weighted by Crippen LogP contribution is 2.39. The van der Waals surface area contributed by atoms with Gasteiger partial charge in [-0.1, -0.05) is 53.5 Å². The van der Waals surface area contributed by atoms with Crippen molar-refractivity contribution in [3.63, 3.8) is 0 Å². The molecule has 1 unspecified atom stereocenters. The van der Waals surface area contributed by atoms with Crippen LogP contribution in [-0.2, 0) is 4.79 Å². The lowest BCUT2D eigenvalue weighted by Crippen LogP contribution is -2.22. The van der Waals surface area contributed by atoms with Gasteiger partial charge in [-0.3, -0.25) is 0 Å². The van der Waals surface area contributed by atoms with Crippen LogP contribution in [-0.4, -0.2) is 17.2 Å². The Morgan fingerprint density at radius 3 is 2.16 bits per heavy atom. The molecule has 25 heavy (non-hydrogen) atoms. The molecule has 0 aliphatic rings. The molecule has 1 N–H and O–H groups in total. The maximum absolute atomic E-state index is 11.0. The Hall–Kier alpha value is -2.43. The van der Waals surface area contributed by atoms with Crippen LogP contribution >= 0.6 is 23.2 Å². The second-order valence-corrected chi connectivity index (χ2v) is 6.14. The van der Waals surface area contributed by atoms with E-state index in [1.807, 2.05) is 12.1 Å². The van der Waals surface area contributed by atoms with E-state index in [9.17, 15) is 4.79 Å². The van der Waals surface area contributed by atoms with Crippen molar-refractivity contribution >= 4 is 39.9 Å². The lowest BCUT2D eigenvalue weighted by Gasteiger charge is -2.15. The third-order valence-electron chi connectivity index (χ3n) is 3.63. The van der Waals surface area contributed by atoms with E-state index in [1.165, 1.54) is 6.92 Å².